The molecular formula is C37H53N5O6S2. The Morgan fingerprint density at radius 3 is 2.48 bits per heavy atom. The summed E-state index contributed by atoms with van der Waals surface area (Å²) in [7, 11) is 1.63. The molecule has 3 aliphatic rings. The van der Waals surface area contributed by atoms with Gasteiger partial charge < -0.3 is 29.4 Å². The fourth-order valence-corrected chi connectivity index (χ4v) is 6.51. The van der Waals surface area contributed by atoms with E-state index in [4.69, 9.17) is 9.47 Å². The van der Waals surface area contributed by atoms with Gasteiger partial charge in [-0.05, 0) is 110 Å². The number of H-pyrrole nitrogens is 1. The topological polar surface area (TPSA) is 143 Å². The number of allylic oxidation sites excluding steroid dienone is 1. The number of nitrogens with zero attached hydrogens (tertiary/aromatic N) is 2. The summed E-state index contributed by atoms with van der Waals surface area (Å²) in [5, 5.41) is 6.82. The lowest BCUT2D eigenvalue weighted by atomic mass is 10.1. The fourth-order valence-electron chi connectivity index (χ4n) is 5.13. The van der Waals surface area contributed by atoms with Crippen molar-refractivity contribution in [2.24, 2.45) is 0 Å². The lowest BCUT2D eigenvalue weighted by molar-refractivity contribution is -0.143. The maximum Gasteiger partial charge on any atom is 0.251 e. The molecule has 274 valence electrons. The molecule has 11 nitrogen and oxygen atoms in total. The lowest BCUT2D eigenvalue weighted by Gasteiger charge is -2.25. The van der Waals surface area contributed by atoms with E-state index in [-0.39, 0.29) is 17.4 Å². The van der Waals surface area contributed by atoms with Crippen molar-refractivity contribution in [2.45, 2.75) is 109 Å². The van der Waals surface area contributed by atoms with Crippen LogP contribution >= 0.6 is 23.3 Å². The van der Waals surface area contributed by atoms with Gasteiger partial charge in [-0.2, -0.15) is 0 Å². The van der Waals surface area contributed by atoms with E-state index in [1.54, 1.807) is 19.2 Å². The summed E-state index contributed by atoms with van der Waals surface area (Å²) in [5.74, 6) is 0.916. The van der Waals surface area contributed by atoms with Gasteiger partial charge in [-0.3, -0.25) is 19.2 Å². The van der Waals surface area contributed by atoms with Crippen LogP contribution in [0.15, 0.2) is 41.0 Å². The molecule has 3 heterocycles. The fraction of sp³-hybridized carbons (Fsp3) is 0.541. The first-order chi connectivity index (χ1) is 24.1. The average molecular weight is 728 g/mol. The van der Waals surface area contributed by atoms with Gasteiger partial charge in [-0.15, -0.1) is 17.9 Å². The number of hydrogen-bond donors (Lipinski definition) is 3. The monoisotopic (exact) mass is 727 g/mol. The zero-order chi connectivity index (χ0) is 36.5. The Morgan fingerprint density at radius 2 is 1.94 bits per heavy atom. The van der Waals surface area contributed by atoms with Crippen molar-refractivity contribution < 1.29 is 23.9 Å². The highest BCUT2D eigenvalue weighted by Gasteiger charge is 2.28. The van der Waals surface area contributed by atoms with Gasteiger partial charge in [-0.1, -0.05) is 6.08 Å². The molecule has 3 aromatic rings. The van der Waals surface area contributed by atoms with Crippen LogP contribution in [0.1, 0.15) is 82.9 Å². The summed E-state index contributed by atoms with van der Waals surface area (Å²) in [4.78, 5) is 53.1. The number of methoxy groups -OCH3 is 1. The molecule has 1 aliphatic heterocycles. The number of thiazole rings is 1. The van der Waals surface area contributed by atoms with E-state index in [9.17, 15) is 19.2 Å². The van der Waals surface area contributed by atoms with Crippen LogP contribution in [0.5, 0.6) is 5.75 Å². The van der Waals surface area contributed by atoms with Crippen LogP contribution in [-0.4, -0.2) is 77.3 Å². The summed E-state index contributed by atoms with van der Waals surface area (Å²) < 4.78 is 13.4. The summed E-state index contributed by atoms with van der Waals surface area (Å²) in [6, 6.07) is 6.13. The molecular weight excluding hydrogens is 675 g/mol. The Morgan fingerprint density at radius 1 is 1.18 bits per heavy atom. The number of carbonyl (C=O) groups is 3. The van der Waals surface area contributed by atoms with Crippen molar-refractivity contribution in [3.05, 3.63) is 57.7 Å². The number of unbranched alkanes of at least 4 members (excludes halogenated alkanes) is 2. The highest BCUT2D eigenvalue weighted by Crippen LogP contribution is 2.31. The van der Waals surface area contributed by atoms with Crippen LogP contribution in [0.2, 0.25) is 0 Å². The highest BCUT2D eigenvalue weighted by atomic mass is 32.2. The molecule has 2 atom stereocenters. The van der Waals surface area contributed by atoms with E-state index in [1.165, 1.54) is 49.0 Å². The number of likely N-dealkylation sites (tertiary alicyclic amines) is 1. The molecule has 3 N–H and O–H groups in total. The number of aryl methyl sites for hydroxylation is 2. The molecule has 6 rings (SSSR count). The predicted octanol–water partition coefficient (Wildman–Crippen LogP) is 6.47. The standard InChI is InChI=1S/C15H14N2O2S.C14H25NO2.C4H7NOS.C4H7NO/c1-8-7-20-15(16-8)11-6-12(18)10-4-5-13(19-3)9(2)14(10)17-11;1-4-5-6-7-11-17-13(3)14(16)15-10-8-9-12(15)2;6-3-5-7-4-1-2-4;6-3-5-4-1-2-4/h4-7H,1-3H3,(H,17,18);4,12-13H,1,5-11H2,2-3H3;3-4H,1-2H2,(H,5,6);3-4H,1-2H2,(H,5,6)/t;12?,13-;;/m.1../s1. The van der Waals surface area contributed by atoms with Crippen molar-refractivity contribution in [3.63, 3.8) is 0 Å². The second-order valence-electron chi connectivity index (χ2n) is 12.6. The van der Waals surface area contributed by atoms with E-state index < -0.39 is 0 Å². The number of aromatic amines is 1. The van der Waals surface area contributed by atoms with E-state index in [0.29, 0.717) is 24.1 Å². The minimum absolute atomic E-state index is 0.00708. The maximum absolute atomic E-state index is 12.2. The van der Waals surface area contributed by atoms with Gasteiger partial charge in [-0.25, -0.2) is 4.98 Å². The number of nitrogens with one attached hydrogen (secondary N) is 3. The van der Waals surface area contributed by atoms with Gasteiger partial charge in [0, 0.05) is 58.6 Å². The Labute approximate surface area is 304 Å². The van der Waals surface area contributed by atoms with Crippen molar-refractivity contribution >= 4 is 52.9 Å². The van der Waals surface area contributed by atoms with E-state index in [2.05, 4.69) is 33.5 Å². The summed E-state index contributed by atoms with van der Waals surface area (Å²) in [6.07, 6.45) is 13.4. The maximum atomic E-state index is 12.2. The molecule has 0 spiro atoms. The summed E-state index contributed by atoms with van der Waals surface area (Å²) in [6.45, 7) is 13.1. The van der Waals surface area contributed by atoms with Crippen LogP contribution < -0.4 is 20.2 Å². The Bertz CT molecular complexity index is 1590. The molecule has 50 heavy (non-hydrogen) atoms. The molecule has 13 heteroatoms. The number of rotatable bonds is 14. The second-order valence-corrected chi connectivity index (χ2v) is 14.6. The van der Waals surface area contributed by atoms with Crippen LogP contribution in [0.25, 0.3) is 21.6 Å². The average Bonchev–Trinajstić information content (AvgIpc) is 4.04. The number of ether oxygens (including phenoxy) is 2. The van der Waals surface area contributed by atoms with Gasteiger partial charge >= 0.3 is 0 Å². The Hall–Kier alpha value is -3.68. The van der Waals surface area contributed by atoms with Crippen LogP contribution in [-0.2, 0) is 19.1 Å². The molecule has 3 fully saturated rings. The molecule has 2 aliphatic carbocycles. The van der Waals surface area contributed by atoms with E-state index in [0.717, 1.165) is 89.9 Å². The number of carbonyl (C=O) groups excluding carboxylic acids is 3. The Kier molecular flexibility index (Phi) is 17.5. The largest absolute Gasteiger partial charge is 0.496 e. The minimum atomic E-state index is -0.292. The first-order valence-corrected chi connectivity index (χ1v) is 19.1. The summed E-state index contributed by atoms with van der Waals surface area (Å²) in [5.41, 5.74) is 3.43. The van der Waals surface area contributed by atoms with Crippen molar-refractivity contribution in [1.82, 2.24) is 24.9 Å². The van der Waals surface area contributed by atoms with E-state index >= 15 is 0 Å². The van der Waals surface area contributed by atoms with Gasteiger partial charge in [0.2, 0.25) is 12.8 Å². The number of fused-ring (bicyclic) bond motifs is 1. The van der Waals surface area contributed by atoms with Crippen LogP contribution in [0.4, 0.5) is 0 Å². The number of hydrogen-bond acceptors (Lipinski definition) is 9. The quantitative estimate of drug-likeness (QED) is 0.0742. The van der Waals surface area contributed by atoms with Crippen LogP contribution in [0, 0.1) is 13.8 Å². The third-order valence-electron chi connectivity index (χ3n) is 8.33. The van der Waals surface area contributed by atoms with Gasteiger partial charge in [0.1, 0.15) is 16.9 Å². The first-order valence-electron chi connectivity index (χ1n) is 17.3. The zero-order valence-electron chi connectivity index (χ0n) is 30.0. The van der Waals surface area contributed by atoms with Gasteiger partial charge in [0.15, 0.2) is 5.43 Å². The summed E-state index contributed by atoms with van der Waals surface area (Å²) >= 11 is 3.05. The molecule has 0 bridgehead atoms. The normalized spacial score (nSPS) is 16.7. The SMILES string of the molecule is C=CCCCCO[C@H](C)C(=O)N1CCCC1C.COc1ccc2c(=O)cc(-c3nc(C)cs3)[nH]c2c1C.O=CNC1CC1.O=CNSC1CC1. The Balaban J connectivity index is 0.000000201. The van der Waals surface area contributed by atoms with Gasteiger partial charge in [0.05, 0.1) is 18.3 Å². The molecule has 3 amide bonds. The molecule has 0 radical (unpaired) electrons. The van der Waals surface area contributed by atoms with Crippen molar-refractivity contribution in [1.29, 1.82) is 0 Å². The van der Waals surface area contributed by atoms with E-state index in [1.807, 2.05) is 43.2 Å². The number of pyridine rings is 1. The minimum Gasteiger partial charge on any atom is -0.496 e. The molecule has 2 aromatic heterocycles. The molecule has 1 aromatic carbocycles. The molecule has 2 saturated carbocycles. The number of aromatic nitrogens is 2. The number of benzene rings is 1. The third-order valence-corrected chi connectivity index (χ3v) is 10.4. The van der Waals surface area contributed by atoms with Crippen molar-refractivity contribution in [2.75, 3.05) is 20.3 Å². The van der Waals surface area contributed by atoms with Crippen molar-refractivity contribution in [3.8, 4) is 16.5 Å². The number of amides is 3. The third kappa shape index (κ3) is 13.6. The molecule has 1 unspecified atom stereocenters. The first kappa shape index (κ1) is 40.7. The predicted molar refractivity (Wildman–Crippen MR) is 204 cm³/mol. The smallest absolute Gasteiger partial charge is 0.251 e. The zero-order valence-corrected chi connectivity index (χ0v) is 31.6. The lowest BCUT2D eigenvalue weighted by Crippen LogP contribution is -2.41. The molecule has 1 saturated heterocycles. The van der Waals surface area contributed by atoms with Crippen LogP contribution in [0.3, 0.4) is 0 Å². The second kappa shape index (κ2) is 21.5. The highest BCUT2D eigenvalue weighted by molar-refractivity contribution is 7.98. The van der Waals surface area contributed by atoms with Gasteiger partial charge in [0.25, 0.3) is 5.91 Å².